The Labute approximate surface area is 159 Å². The summed E-state index contributed by atoms with van der Waals surface area (Å²) >= 11 is 0. The Kier molecular flexibility index (Phi) is 4.36. The maximum Gasteiger partial charge on any atom is 0.308 e. The molecule has 1 aromatic carbocycles. The number of carbonyl (C=O) groups is 3. The average molecular weight is 370 g/mol. The van der Waals surface area contributed by atoms with Crippen molar-refractivity contribution in [3.63, 3.8) is 0 Å². The van der Waals surface area contributed by atoms with Gasteiger partial charge in [-0.05, 0) is 73.1 Å². The van der Waals surface area contributed by atoms with Crippen LogP contribution in [0.2, 0.25) is 0 Å². The first-order chi connectivity index (χ1) is 12.8. The summed E-state index contributed by atoms with van der Waals surface area (Å²) < 4.78 is 10.6. The van der Waals surface area contributed by atoms with E-state index < -0.39 is 6.10 Å². The maximum atomic E-state index is 12.9. The van der Waals surface area contributed by atoms with E-state index in [-0.39, 0.29) is 29.1 Å². The number of rotatable bonds is 2. The predicted octanol–water partition coefficient (Wildman–Crippen LogP) is 3.58. The highest BCUT2D eigenvalue weighted by Gasteiger charge is 2.59. The Morgan fingerprint density at radius 3 is 2.63 bits per heavy atom. The number of carbonyl (C=O) groups excluding carboxylic acids is 3. The van der Waals surface area contributed by atoms with E-state index in [1.165, 1.54) is 25.0 Å². The highest BCUT2D eigenvalue weighted by Crippen LogP contribution is 2.60. The third-order valence-corrected chi connectivity index (χ3v) is 6.98. The standard InChI is InChI=1S/C22H26O5/c1-12(23)26-15-5-7-16-14(10-15)4-6-18-17(16)8-9-22(3)19(18)11-20(21(22)25)27-13(2)24/h5,7,10,17-20H,4,6,8-9,11H2,1-3H3/t17-,18-,19+,20?,22+/m1/s1. The van der Waals surface area contributed by atoms with E-state index in [9.17, 15) is 14.4 Å². The van der Waals surface area contributed by atoms with Gasteiger partial charge >= 0.3 is 11.9 Å². The second kappa shape index (κ2) is 6.47. The lowest BCUT2D eigenvalue weighted by atomic mass is 9.55. The molecule has 1 aromatic rings. The maximum absolute atomic E-state index is 12.9. The number of ether oxygens (including phenoxy) is 2. The second-order valence-corrected chi connectivity index (χ2v) is 8.52. The third kappa shape index (κ3) is 2.97. The molecule has 0 bridgehead atoms. The lowest BCUT2D eigenvalue weighted by molar-refractivity contribution is -0.153. The Hall–Kier alpha value is -2.17. The van der Waals surface area contributed by atoms with Gasteiger partial charge in [-0.25, -0.2) is 0 Å². The lowest BCUT2D eigenvalue weighted by Gasteiger charge is -2.48. The Morgan fingerprint density at radius 2 is 1.93 bits per heavy atom. The summed E-state index contributed by atoms with van der Waals surface area (Å²) in [7, 11) is 0. The molecule has 0 aliphatic heterocycles. The summed E-state index contributed by atoms with van der Waals surface area (Å²) in [5.41, 5.74) is 2.20. The number of aryl methyl sites for hydroxylation is 1. The fourth-order valence-electron chi connectivity index (χ4n) is 5.86. The van der Waals surface area contributed by atoms with Gasteiger partial charge in [0.15, 0.2) is 11.9 Å². The molecule has 0 N–H and O–H groups in total. The number of hydrogen-bond acceptors (Lipinski definition) is 5. The minimum atomic E-state index is -0.580. The zero-order valence-corrected chi connectivity index (χ0v) is 16.1. The highest BCUT2D eigenvalue weighted by atomic mass is 16.5. The van der Waals surface area contributed by atoms with E-state index in [1.54, 1.807) is 0 Å². The minimum absolute atomic E-state index is 0.108. The molecule has 5 nitrogen and oxygen atoms in total. The number of esters is 2. The van der Waals surface area contributed by atoms with Gasteiger partial charge in [-0.15, -0.1) is 0 Å². The van der Waals surface area contributed by atoms with Crippen molar-refractivity contribution in [2.45, 2.75) is 64.9 Å². The SMILES string of the molecule is CC(=O)Oc1ccc2c(c1)CC[C@@H]1[C@@H]2CC[C@]2(C)C(=O)C(OC(C)=O)C[C@@H]12. The van der Waals surface area contributed by atoms with Crippen molar-refractivity contribution in [3.8, 4) is 5.75 Å². The molecule has 3 aliphatic rings. The van der Waals surface area contributed by atoms with Crippen LogP contribution in [0, 0.1) is 17.3 Å². The highest BCUT2D eigenvalue weighted by molar-refractivity contribution is 5.93. The smallest absolute Gasteiger partial charge is 0.308 e. The van der Waals surface area contributed by atoms with Crippen LogP contribution in [0.5, 0.6) is 5.75 Å². The zero-order chi connectivity index (χ0) is 19.3. The fraction of sp³-hybridized carbons (Fsp3) is 0.591. The van der Waals surface area contributed by atoms with Crippen molar-refractivity contribution in [2.24, 2.45) is 17.3 Å². The van der Waals surface area contributed by atoms with Gasteiger partial charge in [-0.1, -0.05) is 13.0 Å². The minimum Gasteiger partial charge on any atom is -0.455 e. The summed E-state index contributed by atoms with van der Waals surface area (Å²) in [5, 5.41) is 0. The van der Waals surface area contributed by atoms with Crippen LogP contribution in [0.1, 0.15) is 63.5 Å². The Bertz CT molecular complexity index is 813. The topological polar surface area (TPSA) is 69.7 Å². The van der Waals surface area contributed by atoms with Gasteiger partial charge in [0, 0.05) is 19.3 Å². The van der Waals surface area contributed by atoms with E-state index in [1.807, 2.05) is 12.1 Å². The summed E-state index contributed by atoms with van der Waals surface area (Å²) in [6.45, 7) is 4.85. The number of fused-ring (bicyclic) bond motifs is 5. The van der Waals surface area contributed by atoms with Crippen molar-refractivity contribution < 1.29 is 23.9 Å². The van der Waals surface area contributed by atoms with Gasteiger partial charge < -0.3 is 9.47 Å². The van der Waals surface area contributed by atoms with Crippen LogP contribution in [0.25, 0.3) is 0 Å². The first-order valence-corrected chi connectivity index (χ1v) is 9.82. The number of Topliss-reactive ketones (excluding diaryl/α,β-unsaturated/α-hetero) is 1. The van der Waals surface area contributed by atoms with Gasteiger partial charge in [0.1, 0.15) is 5.75 Å². The van der Waals surface area contributed by atoms with Crippen molar-refractivity contribution in [3.05, 3.63) is 29.3 Å². The van der Waals surface area contributed by atoms with Crippen molar-refractivity contribution in [2.75, 3.05) is 0 Å². The van der Waals surface area contributed by atoms with Gasteiger partial charge in [-0.2, -0.15) is 0 Å². The molecule has 0 spiro atoms. The van der Waals surface area contributed by atoms with Gasteiger partial charge in [-0.3, -0.25) is 14.4 Å². The average Bonchev–Trinajstić information content (AvgIpc) is 2.85. The van der Waals surface area contributed by atoms with E-state index in [4.69, 9.17) is 9.47 Å². The second-order valence-electron chi connectivity index (χ2n) is 8.52. The molecule has 27 heavy (non-hydrogen) atoms. The van der Waals surface area contributed by atoms with Gasteiger partial charge in [0.2, 0.25) is 0 Å². The molecule has 0 radical (unpaired) electrons. The summed E-state index contributed by atoms with van der Waals surface area (Å²) in [4.78, 5) is 35.6. The number of ketones is 1. The van der Waals surface area contributed by atoms with Crippen molar-refractivity contribution >= 4 is 17.7 Å². The molecule has 0 amide bonds. The van der Waals surface area contributed by atoms with E-state index in [2.05, 4.69) is 13.0 Å². The van der Waals surface area contributed by atoms with Crippen LogP contribution < -0.4 is 4.74 Å². The Balaban J connectivity index is 1.61. The third-order valence-electron chi connectivity index (χ3n) is 6.98. The first kappa shape index (κ1) is 18.2. The fourth-order valence-corrected chi connectivity index (χ4v) is 5.86. The molecule has 0 aromatic heterocycles. The molecule has 5 heteroatoms. The Morgan fingerprint density at radius 1 is 1.15 bits per heavy atom. The zero-order valence-electron chi connectivity index (χ0n) is 16.1. The normalized spacial score (nSPS) is 34.3. The molecule has 2 saturated carbocycles. The summed E-state index contributed by atoms with van der Waals surface area (Å²) in [6.07, 6.45) is 3.81. The van der Waals surface area contributed by atoms with Crippen molar-refractivity contribution in [1.82, 2.24) is 0 Å². The van der Waals surface area contributed by atoms with Crippen LogP contribution in [0.3, 0.4) is 0 Å². The van der Waals surface area contributed by atoms with Crippen LogP contribution in [0.4, 0.5) is 0 Å². The van der Waals surface area contributed by atoms with Gasteiger partial charge in [0.05, 0.1) is 0 Å². The van der Waals surface area contributed by atoms with Crippen LogP contribution >= 0.6 is 0 Å². The number of benzene rings is 1. The first-order valence-electron chi connectivity index (χ1n) is 9.82. The molecule has 5 atom stereocenters. The molecule has 4 rings (SSSR count). The van der Waals surface area contributed by atoms with Gasteiger partial charge in [0.25, 0.3) is 0 Å². The van der Waals surface area contributed by atoms with Crippen LogP contribution in [0.15, 0.2) is 18.2 Å². The largest absolute Gasteiger partial charge is 0.455 e. The molecule has 3 aliphatic carbocycles. The lowest BCUT2D eigenvalue weighted by Crippen LogP contribution is -2.43. The molecule has 144 valence electrons. The molecule has 0 heterocycles. The van der Waals surface area contributed by atoms with E-state index in [0.717, 1.165) is 25.7 Å². The van der Waals surface area contributed by atoms with Crippen LogP contribution in [-0.4, -0.2) is 23.8 Å². The quantitative estimate of drug-likeness (QED) is 0.588. The van der Waals surface area contributed by atoms with E-state index >= 15 is 0 Å². The van der Waals surface area contributed by atoms with Crippen molar-refractivity contribution in [1.29, 1.82) is 0 Å². The molecule has 2 fully saturated rings. The predicted molar refractivity (Wildman–Crippen MR) is 98.3 cm³/mol. The molecular weight excluding hydrogens is 344 g/mol. The number of hydrogen-bond donors (Lipinski definition) is 0. The molecular formula is C22H26O5. The van der Waals surface area contributed by atoms with E-state index in [0.29, 0.717) is 24.0 Å². The summed E-state index contributed by atoms with van der Waals surface area (Å²) in [5.74, 6) is 1.14. The van der Waals surface area contributed by atoms with Crippen LogP contribution in [-0.2, 0) is 25.5 Å². The molecule has 0 saturated heterocycles. The monoisotopic (exact) mass is 370 g/mol. The summed E-state index contributed by atoms with van der Waals surface area (Å²) in [6, 6.07) is 5.95. The molecule has 1 unspecified atom stereocenters.